The first-order valence-corrected chi connectivity index (χ1v) is 7.19. The quantitative estimate of drug-likeness (QED) is 0.787. The molecule has 0 aliphatic heterocycles. The zero-order chi connectivity index (χ0) is 16.1. The summed E-state index contributed by atoms with van der Waals surface area (Å²) in [6, 6.07) is -0.518. The summed E-state index contributed by atoms with van der Waals surface area (Å²) >= 11 is 0. The third-order valence-electron chi connectivity index (χ3n) is 3.14. The molecule has 0 aromatic carbocycles. The lowest BCUT2D eigenvalue weighted by Crippen LogP contribution is -2.51. The van der Waals surface area contributed by atoms with Gasteiger partial charge in [-0.05, 0) is 26.7 Å². The van der Waals surface area contributed by atoms with Gasteiger partial charge in [-0.25, -0.2) is 4.79 Å². The van der Waals surface area contributed by atoms with Gasteiger partial charge in [0.15, 0.2) is 0 Å². The van der Waals surface area contributed by atoms with Crippen molar-refractivity contribution in [3.63, 3.8) is 0 Å². The van der Waals surface area contributed by atoms with E-state index in [1.165, 1.54) is 0 Å². The highest BCUT2D eigenvalue weighted by Crippen LogP contribution is 2.17. The lowest BCUT2D eigenvalue weighted by atomic mass is 9.87. The Morgan fingerprint density at radius 2 is 1.70 bits per heavy atom. The summed E-state index contributed by atoms with van der Waals surface area (Å²) in [5, 5.41) is 13.0. The molecule has 20 heavy (non-hydrogen) atoms. The highest BCUT2D eigenvalue weighted by molar-refractivity contribution is 5.81. The van der Waals surface area contributed by atoms with Gasteiger partial charge in [-0.1, -0.05) is 27.7 Å². The largest absolute Gasteiger partial charge is 0.444 e. The third-order valence-corrected chi connectivity index (χ3v) is 3.14. The second kappa shape index (κ2) is 7.62. The molecule has 0 bridgehead atoms. The molecule has 0 saturated heterocycles. The van der Waals surface area contributed by atoms with E-state index in [1.807, 2.05) is 13.8 Å². The Morgan fingerprint density at radius 1 is 1.20 bits per heavy atom. The smallest absolute Gasteiger partial charge is 0.407 e. The molecule has 0 aliphatic carbocycles. The molecule has 5 heteroatoms. The Labute approximate surface area is 122 Å². The molecule has 5 nitrogen and oxygen atoms in total. The minimum Gasteiger partial charge on any atom is -0.444 e. The fourth-order valence-corrected chi connectivity index (χ4v) is 1.91. The molecular formula is C15H29NO4. The number of carbonyl (C=O) groups excluding carboxylic acids is 2. The number of aliphatic hydroxyl groups is 1. The van der Waals surface area contributed by atoms with Crippen LogP contribution in [-0.2, 0) is 9.53 Å². The second-order valence-electron chi connectivity index (χ2n) is 6.52. The zero-order valence-electron chi connectivity index (χ0n) is 13.7. The van der Waals surface area contributed by atoms with E-state index in [2.05, 4.69) is 5.32 Å². The van der Waals surface area contributed by atoms with E-state index in [0.29, 0.717) is 6.42 Å². The Kier molecular flexibility index (Phi) is 7.20. The fourth-order valence-electron chi connectivity index (χ4n) is 1.91. The number of Topliss-reactive ketones (excluding diaryl/α,β-unsaturated/α-hetero) is 1. The molecule has 0 saturated carbocycles. The number of ketones is 1. The number of ether oxygens (including phenoxy) is 1. The number of rotatable bonds is 6. The molecule has 118 valence electrons. The van der Waals surface area contributed by atoms with E-state index in [4.69, 9.17) is 4.74 Å². The molecule has 3 atom stereocenters. The third kappa shape index (κ3) is 6.37. The van der Waals surface area contributed by atoms with Gasteiger partial charge >= 0.3 is 6.09 Å². The van der Waals surface area contributed by atoms with Crippen molar-refractivity contribution in [1.82, 2.24) is 5.32 Å². The number of aliphatic hydroxyl groups excluding tert-OH is 1. The Hall–Kier alpha value is -1.10. The van der Waals surface area contributed by atoms with Crippen LogP contribution in [0.5, 0.6) is 0 Å². The van der Waals surface area contributed by atoms with Gasteiger partial charge in [0, 0.05) is 12.3 Å². The van der Waals surface area contributed by atoms with Crippen LogP contribution in [0.3, 0.4) is 0 Å². The monoisotopic (exact) mass is 287 g/mol. The molecule has 0 fully saturated rings. The molecule has 2 N–H and O–H groups in total. The Balaban J connectivity index is 4.81. The molecule has 0 aromatic heterocycles. The molecule has 0 aromatic rings. The van der Waals surface area contributed by atoms with Crippen molar-refractivity contribution in [1.29, 1.82) is 0 Å². The lowest BCUT2D eigenvalue weighted by molar-refractivity contribution is -0.126. The van der Waals surface area contributed by atoms with Crippen molar-refractivity contribution >= 4 is 11.9 Å². The van der Waals surface area contributed by atoms with E-state index >= 15 is 0 Å². The summed E-state index contributed by atoms with van der Waals surface area (Å²) in [4.78, 5) is 23.5. The average molecular weight is 287 g/mol. The van der Waals surface area contributed by atoms with E-state index in [1.54, 1.807) is 34.6 Å². The van der Waals surface area contributed by atoms with Crippen LogP contribution in [0, 0.1) is 11.8 Å². The van der Waals surface area contributed by atoms with Crippen LogP contribution in [0.4, 0.5) is 4.79 Å². The maximum absolute atomic E-state index is 11.8. The van der Waals surface area contributed by atoms with Crippen molar-refractivity contribution < 1.29 is 19.4 Å². The molecule has 0 radical (unpaired) electrons. The minimum atomic E-state index is -0.921. The fraction of sp³-hybridized carbons (Fsp3) is 0.867. The van der Waals surface area contributed by atoms with Crippen molar-refractivity contribution in [3.05, 3.63) is 0 Å². The lowest BCUT2D eigenvalue weighted by Gasteiger charge is -2.31. The average Bonchev–Trinajstić information content (AvgIpc) is 2.30. The Morgan fingerprint density at radius 3 is 2.05 bits per heavy atom. The first-order valence-electron chi connectivity index (χ1n) is 7.19. The number of nitrogens with one attached hydrogen (secondary N) is 1. The minimum absolute atomic E-state index is 0.00961. The highest BCUT2D eigenvalue weighted by atomic mass is 16.6. The number of hydrogen-bond acceptors (Lipinski definition) is 4. The van der Waals surface area contributed by atoms with E-state index < -0.39 is 29.8 Å². The molecule has 1 amide bonds. The summed E-state index contributed by atoms with van der Waals surface area (Å²) in [6.45, 7) is 12.5. The van der Waals surface area contributed by atoms with Crippen LogP contribution < -0.4 is 5.32 Å². The molecule has 0 rings (SSSR count). The summed E-state index contributed by atoms with van der Waals surface area (Å²) < 4.78 is 5.19. The van der Waals surface area contributed by atoms with Crippen LogP contribution in [0.15, 0.2) is 0 Å². The molecule has 0 spiro atoms. The number of hydrogen-bond donors (Lipinski definition) is 2. The topological polar surface area (TPSA) is 75.6 Å². The zero-order valence-corrected chi connectivity index (χ0v) is 13.7. The van der Waals surface area contributed by atoms with Crippen LogP contribution in [0.2, 0.25) is 0 Å². The highest BCUT2D eigenvalue weighted by Gasteiger charge is 2.32. The summed E-state index contributed by atoms with van der Waals surface area (Å²) in [6.07, 6.45) is -1.13. The van der Waals surface area contributed by atoms with Crippen LogP contribution in [0.25, 0.3) is 0 Å². The second-order valence-corrected chi connectivity index (χ2v) is 6.52. The van der Waals surface area contributed by atoms with Gasteiger partial charge in [0.25, 0.3) is 0 Å². The van der Waals surface area contributed by atoms with E-state index in [0.717, 1.165) is 0 Å². The van der Waals surface area contributed by atoms with Gasteiger partial charge < -0.3 is 15.2 Å². The van der Waals surface area contributed by atoms with Gasteiger partial charge in [0.1, 0.15) is 11.4 Å². The predicted octanol–water partition coefficient (Wildman–Crippen LogP) is 2.51. The molecule has 0 heterocycles. The van der Waals surface area contributed by atoms with Gasteiger partial charge in [-0.2, -0.15) is 0 Å². The van der Waals surface area contributed by atoms with Gasteiger partial charge in [0.05, 0.1) is 12.1 Å². The van der Waals surface area contributed by atoms with Gasteiger partial charge in [-0.3, -0.25) is 4.79 Å². The van der Waals surface area contributed by atoms with E-state index in [9.17, 15) is 14.7 Å². The van der Waals surface area contributed by atoms with Gasteiger partial charge in [-0.15, -0.1) is 0 Å². The van der Waals surface area contributed by atoms with Gasteiger partial charge in [0.2, 0.25) is 0 Å². The van der Waals surface area contributed by atoms with Crippen LogP contribution >= 0.6 is 0 Å². The predicted molar refractivity (Wildman–Crippen MR) is 78.5 cm³/mol. The number of alkyl carbamates (subject to hydrolysis) is 1. The van der Waals surface area contributed by atoms with Crippen molar-refractivity contribution in [2.75, 3.05) is 0 Å². The summed E-state index contributed by atoms with van der Waals surface area (Å²) in [5.41, 5.74) is -0.596. The number of amides is 1. The van der Waals surface area contributed by atoms with Crippen LogP contribution in [0.1, 0.15) is 54.9 Å². The standard InChI is InChI=1S/C15H29NO4/c1-8-11(17)10(4)13(18)12(9(2)3)16-14(19)20-15(5,6)7/h9-10,12-13,18H,8H2,1-7H3,(H,16,19)/t10-,12-,13+/m0/s1. The normalized spacial score (nSPS) is 16.4. The number of carbonyl (C=O) groups is 2. The maximum Gasteiger partial charge on any atom is 0.407 e. The summed E-state index contributed by atoms with van der Waals surface area (Å²) in [5.74, 6) is -0.541. The SMILES string of the molecule is CCC(=O)[C@H](C)[C@@H](O)[C@@H](NC(=O)OC(C)(C)C)C(C)C. The van der Waals surface area contributed by atoms with Crippen LogP contribution in [-0.4, -0.2) is 34.7 Å². The van der Waals surface area contributed by atoms with Crippen molar-refractivity contribution in [2.24, 2.45) is 11.8 Å². The van der Waals surface area contributed by atoms with Crippen molar-refractivity contribution in [2.45, 2.75) is 72.6 Å². The first kappa shape index (κ1) is 18.9. The molecular weight excluding hydrogens is 258 g/mol. The van der Waals surface area contributed by atoms with E-state index in [-0.39, 0.29) is 11.7 Å². The van der Waals surface area contributed by atoms with Crippen molar-refractivity contribution in [3.8, 4) is 0 Å². The summed E-state index contributed by atoms with van der Waals surface area (Å²) in [7, 11) is 0. The maximum atomic E-state index is 11.8. The molecule has 0 unspecified atom stereocenters. The Bertz CT molecular complexity index is 333. The molecule has 0 aliphatic rings. The first-order chi connectivity index (χ1) is 8.99.